The first kappa shape index (κ1) is 17.2. The number of hydrogen-bond acceptors (Lipinski definition) is 4. The number of carboxylic acid groups (broad SMARTS) is 1. The summed E-state index contributed by atoms with van der Waals surface area (Å²) in [6.45, 7) is 2.97. The lowest BCUT2D eigenvalue weighted by Crippen LogP contribution is -2.44. The Morgan fingerprint density at radius 3 is 2.37 bits per heavy atom. The Hall–Kier alpha value is -1.83. The number of nitrogens with one attached hydrogen (secondary N) is 4. The average molecular weight is 274 g/mol. The highest BCUT2D eigenvalue weighted by molar-refractivity contribution is 5.78. The van der Waals surface area contributed by atoms with Crippen molar-refractivity contribution in [3.05, 3.63) is 0 Å². The molecule has 19 heavy (non-hydrogen) atoms. The van der Waals surface area contributed by atoms with Crippen LogP contribution in [0.5, 0.6) is 0 Å². The minimum atomic E-state index is -1.01. The fourth-order valence-corrected chi connectivity index (χ4v) is 1.36. The number of amides is 3. The zero-order chi connectivity index (χ0) is 14.7. The Kier molecular flexibility index (Phi) is 9.15. The van der Waals surface area contributed by atoms with Crippen LogP contribution in [0.25, 0.3) is 0 Å². The number of carbonyl (C=O) groups excluding carboxylic acids is 2. The largest absolute Gasteiger partial charge is 0.480 e. The van der Waals surface area contributed by atoms with Gasteiger partial charge in [0.25, 0.3) is 0 Å². The third-order valence-electron chi connectivity index (χ3n) is 2.38. The van der Waals surface area contributed by atoms with E-state index in [1.165, 1.54) is 7.05 Å². The van der Waals surface area contributed by atoms with E-state index in [4.69, 9.17) is 5.11 Å². The van der Waals surface area contributed by atoms with Crippen LogP contribution in [0.15, 0.2) is 0 Å². The van der Waals surface area contributed by atoms with Crippen molar-refractivity contribution in [3.63, 3.8) is 0 Å². The molecule has 0 aromatic rings. The second-order valence-corrected chi connectivity index (χ2v) is 3.84. The molecule has 110 valence electrons. The number of carbonyl (C=O) groups is 3. The van der Waals surface area contributed by atoms with E-state index in [0.29, 0.717) is 19.6 Å². The number of aliphatic carboxylic acids is 1. The SMILES string of the molecule is CCNC(=O)NCCN[C@@H](CCC(=O)NC)C(=O)O. The minimum absolute atomic E-state index is 0.143. The first-order chi connectivity index (χ1) is 9.01. The molecule has 8 nitrogen and oxygen atoms in total. The van der Waals surface area contributed by atoms with Crippen LogP contribution in [0, 0.1) is 0 Å². The monoisotopic (exact) mass is 274 g/mol. The molecule has 0 aliphatic heterocycles. The van der Waals surface area contributed by atoms with Crippen LogP contribution in [0.2, 0.25) is 0 Å². The molecule has 0 aliphatic rings. The molecule has 0 heterocycles. The zero-order valence-corrected chi connectivity index (χ0v) is 11.3. The standard InChI is InChI=1S/C11H22N4O4/c1-3-13-11(19)15-7-6-14-8(10(17)18)4-5-9(16)12-2/h8,14H,3-7H2,1-2H3,(H,12,16)(H,17,18)(H2,13,15,19)/t8-/m0/s1. The van der Waals surface area contributed by atoms with E-state index < -0.39 is 12.0 Å². The lowest BCUT2D eigenvalue weighted by Gasteiger charge is -2.14. The van der Waals surface area contributed by atoms with E-state index in [9.17, 15) is 14.4 Å². The van der Waals surface area contributed by atoms with Gasteiger partial charge in [-0.25, -0.2) is 4.79 Å². The fourth-order valence-electron chi connectivity index (χ4n) is 1.36. The third-order valence-corrected chi connectivity index (χ3v) is 2.38. The maximum Gasteiger partial charge on any atom is 0.320 e. The molecule has 0 radical (unpaired) electrons. The van der Waals surface area contributed by atoms with Crippen molar-refractivity contribution in [1.29, 1.82) is 0 Å². The van der Waals surface area contributed by atoms with E-state index in [1.807, 2.05) is 0 Å². The first-order valence-corrected chi connectivity index (χ1v) is 6.19. The lowest BCUT2D eigenvalue weighted by molar-refractivity contribution is -0.139. The van der Waals surface area contributed by atoms with Crippen LogP contribution in [-0.2, 0) is 9.59 Å². The molecule has 0 aromatic heterocycles. The number of hydrogen-bond donors (Lipinski definition) is 5. The van der Waals surface area contributed by atoms with E-state index >= 15 is 0 Å². The summed E-state index contributed by atoms with van der Waals surface area (Å²) >= 11 is 0. The van der Waals surface area contributed by atoms with Gasteiger partial charge in [0, 0.05) is 33.1 Å². The van der Waals surface area contributed by atoms with Gasteiger partial charge >= 0.3 is 12.0 Å². The van der Waals surface area contributed by atoms with Crippen LogP contribution in [0.1, 0.15) is 19.8 Å². The molecule has 0 unspecified atom stereocenters. The normalized spacial score (nSPS) is 11.5. The smallest absolute Gasteiger partial charge is 0.320 e. The number of carboxylic acids is 1. The summed E-state index contributed by atoms with van der Waals surface area (Å²) in [7, 11) is 1.50. The van der Waals surface area contributed by atoms with Crippen molar-refractivity contribution in [3.8, 4) is 0 Å². The van der Waals surface area contributed by atoms with E-state index in [1.54, 1.807) is 6.92 Å². The summed E-state index contributed by atoms with van der Waals surface area (Å²) in [4.78, 5) is 33.0. The van der Waals surface area contributed by atoms with Gasteiger partial charge in [0.1, 0.15) is 6.04 Å². The predicted octanol–water partition coefficient (Wildman–Crippen LogP) is -1.13. The van der Waals surface area contributed by atoms with Crippen LogP contribution in [-0.4, -0.2) is 55.7 Å². The third kappa shape index (κ3) is 8.83. The van der Waals surface area contributed by atoms with Crippen molar-refractivity contribution in [2.75, 3.05) is 26.7 Å². The minimum Gasteiger partial charge on any atom is -0.480 e. The van der Waals surface area contributed by atoms with Gasteiger partial charge in [0.15, 0.2) is 0 Å². The Bertz CT molecular complexity index is 309. The van der Waals surface area contributed by atoms with Gasteiger partial charge in [0.05, 0.1) is 0 Å². The van der Waals surface area contributed by atoms with Crippen LogP contribution < -0.4 is 21.3 Å². The molecule has 0 aromatic carbocycles. The van der Waals surface area contributed by atoms with E-state index in [2.05, 4.69) is 21.3 Å². The highest BCUT2D eigenvalue weighted by Gasteiger charge is 2.17. The molecule has 1 atom stereocenters. The van der Waals surface area contributed by atoms with E-state index in [0.717, 1.165) is 0 Å². The highest BCUT2D eigenvalue weighted by Crippen LogP contribution is 1.97. The van der Waals surface area contributed by atoms with Crippen LogP contribution in [0.4, 0.5) is 4.79 Å². The molecule has 0 fully saturated rings. The zero-order valence-electron chi connectivity index (χ0n) is 11.3. The lowest BCUT2D eigenvalue weighted by atomic mass is 10.1. The maximum absolute atomic E-state index is 11.1. The number of rotatable bonds is 9. The molecule has 0 saturated carbocycles. The summed E-state index contributed by atoms with van der Waals surface area (Å²) < 4.78 is 0. The Balaban J connectivity index is 3.86. The van der Waals surface area contributed by atoms with Gasteiger partial charge in [-0.15, -0.1) is 0 Å². The first-order valence-electron chi connectivity index (χ1n) is 6.19. The van der Waals surface area contributed by atoms with Gasteiger partial charge < -0.3 is 26.4 Å². The van der Waals surface area contributed by atoms with Crippen molar-refractivity contribution < 1.29 is 19.5 Å². The van der Waals surface area contributed by atoms with Gasteiger partial charge in [-0.1, -0.05) is 0 Å². The Labute approximate surface area is 112 Å². The Morgan fingerprint density at radius 2 is 1.84 bits per heavy atom. The highest BCUT2D eigenvalue weighted by atomic mass is 16.4. The molecular weight excluding hydrogens is 252 g/mol. The molecule has 3 amide bonds. The molecule has 0 spiro atoms. The fraction of sp³-hybridized carbons (Fsp3) is 0.727. The molecule has 0 rings (SSSR count). The van der Waals surface area contributed by atoms with E-state index in [-0.39, 0.29) is 24.8 Å². The van der Waals surface area contributed by atoms with Gasteiger partial charge in [-0.05, 0) is 13.3 Å². The van der Waals surface area contributed by atoms with Crippen molar-refractivity contribution >= 4 is 17.9 Å². The summed E-state index contributed by atoms with van der Waals surface area (Å²) in [5.41, 5.74) is 0. The summed E-state index contributed by atoms with van der Waals surface area (Å²) in [6.07, 6.45) is 0.348. The molecule has 5 N–H and O–H groups in total. The average Bonchev–Trinajstić information content (AvgIpc) is 2.37. The summed E-state index contributed by atoms with van der Waals surface area (Å²) in [5.74, 6) is -1.21. The number of urea groups is 1. The van der Waals surface area contributed by atoms with Gasteiger partial charge in [0.2, 0.25) is 5.91 Å². The molecule has 8 heteroatoms. The molecule has 0 aliphatic carbocycles. The Morgan fingerprint density at radius 1 is 1.16 bits per heavy atom. The predicted molar refractivity (Wildman–Crippen MR) is 69.8 cm³/mol. The van der Waals surface area contributed by atoms with Crippen LogP contribution in [0.3, 0.4) is 0 Å². The molecular formula is C11H22N4O4. The second-order valence-electron chi connectivity index (χ2n) is 3.84. The van der Waals surface area contributed by atoms with Crippen molar-refractivity contribution in [1.82, 2.24) is 21.3 Å². The summed E-state index contributed by atoms with van der Waals surface area (Å²) in [6, 6.07) is -1.09. The van der Waals surface area contributed by atoms with Gasteiger partial charge in [-0.2, -0.15) is 0 Å². The molecule has 0 bridgehead atoms. The van der Waals surface area contributed by atoms with Gasteiger partial charge in [-0.3, -0.25) is 9.59 Å². The second kappa shape index (κ2) is 10.1. The maximum atomic E-state index is 11.1. The molecule has 0 saturated heterocycles. The van der Waals surface area contributed by atoms with Crippen molar-refractivity contribution in [2.45, 2.75) is 25.8 Å². The van der Waals surface area contributed by atoms with Crippen LogP contribution >= 0.6 is 0 Å². The van der Waals surface area contributed by atoms with Crippen molar-refractivity contribution in [2.24, 2.45) is 0 Å². The summed E-state index contributed by atoms with van der Waals surface area (Å²) in [5, 5.41) is 19.3. The topological polar surface area (TPSA) is 120 Å². The quantitative estimate of drug-likeness (QED) is 0.341.